The third-order valence-corrected chi connectivity index (χ3v) is 4.12. The Balaban J connectivity index is 2.18. The zero-order chi connectivity index (χ0) is 14.0. The maximum Gasteiger partial charge on any atom is 0.305 e. The lowest BCUT2D eigenvalue weighted by Crippen LogP contribution is -2.41. The van der Waals surface area contributed by atoms with Crippen LogP contribution in [-0.4, -0.2) is 33.0 Å². The van der Waals surface area contributed by atoms with Crippen molar-refractivity contribution in [2.75, 3.05) is 11.4 Å². The minimum absolute atomic E-state index is 0.0621. The number of anilines is 1. The number of aliphatic carboxylic acids is 1. The van der Waals surface area contributed by atoms with Crippen LogP contribution in [0.15, 0.2) is 0 Å². The van der Waals surface area contributed by atoms with Crippen LogP contribution < -0.4 is 4.90 Å². The predicted octanol–water partition coefficient (Wildman–Crippen LogP) is 2.67. The topological polar surface area (TPSA) is 66.3 Å². The molecule has 1 aromatic rings. The molecule has 1 fully saturated rings. The number of rotatable bonds is 3. The van der Waals surface area contributed by atoms with Crippen LogP contribution >= 0.6 is 11.5 Å². The zero-order valence-electron chi connectivity index (χ0n) is 11.7. The first kappa shape index (κ1) is 14.2. The fourth-order valence-electron chi connectivity index (χ4n) is 2.30. The van der Waals surface area contributed by atoms with E-state index in [1.807, 2.05) is 0 Å². The van der Waals surface area contributed by atoms with E-state index in [-0.39, 0.29) is 17.9 Å². The van der Waals surface area contributed by atoms with Crippen molar-refractivity contribution in [3.8, 4) is 0 Å². The molecule has 0 aromatic carbocycles. The number of carboxylic acids is 1. The number of hydrogen-bond donors (Lipinski definition) is 1. The summed E-state index contributed by atoms with van der Waals surface area (Å²) < 4.78 is 4.42. The van der Waals surface area contributed by atoms with E-state index in [0.29, 0.717) is 0 Å². The number of carbonyl (C=O) groups is 1. The summed E-state index contributed by atoms with van der Waals surface area (Å²) in [7, 11) is 0. The molecule has 1 aliphatic heterocycles. The van der Waals surface area contributed by atoms with Crippen LogP contribution in [0.1, 0.15) is 52.3 Å². The molecule has 19 heavy (non-hydrogen) atoms. The van der Waals surface area contributed by atoms with Gasteiger partial charge in [0.15, 0.2) is 0 Å². The van der Waals surface area contributed by atoms with Gasteiger partial charge in [-0.05, 0) is 19.3 Å². The second-order valence-corrected chi connectivity index (χ2v) is 6.82. The highest BCUT2D eigenvalue weighted by molar-refractivity contribution is 7.09. The second-order valence-electron chi connectivity index (χ2n) is 6.09. The molecule has 1 unspecified atom stereocenters. The highest BCUT2D eigenvalue weighted by Gasteiger charge is 2.28. The molecule has 1 atom stereocenters. The first-order chi connectivity index (χ1) is 8.88. The summed E-state index contributed by atoms with van der Waals surface area (Å²) in [4.78, 5) is 17.7. The average molecular weight is 283 g/mol. The molecule has 6 heteroatoms. The Labute approximate surface area is 117 Å². The second kappa shape index (κ2) is 5.45. The van der Waals surface area contributed by atoms with Gasteiger partial charge in [-0.25, -0.2) is 4.98 Å². The maximum absolute atomic E-state index is 10.9. The van der Waals surface area contributed by atoms with E-state index in [1.54, 1.807) is 0 Å². The molecule has 0 saturated carbocycles. The standard InChI is InChI=1S/C13H21N3O2S/c1-13(2,3)11-14-12(19-15-11)16-7-5-4-6-9(16)8-10(17)18/h9H,4-8H2,1-3H3,(H,17,18). The van der Waals surface area contributed by atoms with E-state index in [9.17, 15) is 4.79 Å². The molecule has 1 saturated heterocycles. The predicted molar refractivity (Wildman–Crippen MR) is 75.8 cm³/mol. The molecule has 0 radical (unpaired) electrons. The Morgan fingerprint density at radius 1 is 1.47 bits per heavy atom. The summed E-state index contributed by atoms with van der Waals surface area (Å²) in [5.41, 5.74) is -0.0627. The lowest BCUT2D eigenvalue weighted by molar-refractivity contribution is -0.137. The van der Waals surface area contributed by atoms with Gasteiger partial charge in [0.1, 0.15) is 5.82 Å². The van der Waals surface area contributed by atoms with Crippen molar-refractivity contribution in [2.24, 2.45) is 0 Å². The van der Waals surface area contributed by atoms with Gasteiger partial charge in [-0.3, -0.25) is 4.79 Å². The van der Waals surface area contributed by atoms with Crippen molar-refractivity contribution < 1.29 is 9.90 Å². The van der Waals surface area contributed by atoms with Gasteiger partial charge in [0.05, 0.1) is 6.42 Å². The Kier molecular flexibility index (Phi) is 4.08. The molecular weight excluding hydrogens is 262 g/mol. The summed E-state index contributed by atoms with van der Waals surface area (Å²) >= 11 is 1.39. The fraction of sp³-hybridized carbons (Fsp3) is 0.769. The van der Waals surface area contributed by atoms with Gasteiger partial charge in [0, 0.05) is 29.5 Å². The van der Waals surface area contributed by atoms with Crippen LogP contribution in [-0.2, 0) is 10.2 Å². The van der Waals surface area contributed by atoms with Gasteiger partial charge in [-0.15, -0.1) is 0 Å². The van der Waals surface area contributed by atoms with Crippen LogP contribution in [0.2, 0.25) is 0 Å². The van der Waals surface area contributed by atoms with Crippen molar-refractivity contribution >= 4 is 22.6 Å². The maximum atomic E-state index is 10.9. The van der Waals surface area contributed by atoms with E-state index in [4.69, 9.17) is 5.11 Å². The van der Waals surface area contributed by atoms with Crippen molar-refractivity contribution in [3.05, 3.63) is 5.82 Å². The van der Waals surface area contributed by atoms with Crippen LogP contribution in [0.25, 0.3) is 0 Å². The fourth-order valence-corrected chi connectivity index (χ4v) is 3.26. The monoisotopic (exact) mass is 283 g/mol. The number of nitrogens with zero attached hydrogens (tertiary/aromatic N) is 3. The molecule has 5 nitrogen and oxygen atoms in total. The molecule has 2 rings (SSSR count). The summed E-state index contributed by atoms with van der Waals surface area (Å²) in [6, 6.07) is 0.0621. The summed E-state index contributed by atoms with van der Waals surface area (Å²) in [6.45, 7) is 7.15. The Bertz CT molecular complexity index is 453. The smallest absolute Gasteiger partial charge is 0.305 e. The SMILES string of the molecule is CC(C)(C)c1nsc(N2CCCCC2CC(=O)O)n1. The Morgan fingerprint density at radius 2 is 2.21 bits per heavy atom. The number of hydrogen-bond acceptors (Lipinski definition) is 5. The Hall–Kier alpha value is -1.17. The van der Waals surface area contributed by atoms with Gasteiger partial charge >= 0.3 is 5.97 Å². The van der Waals surface area contributed by atoms with E-state index in [0.717, 1.165) is 36.8 Å². The quantitative estimate of drug-likeness (QED) is 0.923. The third-order valence-electron chi connectivity index (χ3n) is 3.37. The highest BCUT2D eigenvalue weighted by Crippen LogP contribution is 2.30. The van der Waals surface area contributed by atoms with Gasteiger partial charge < -0.3 is 10.0 Å². The Morgan fingerprint density at radius 3 is 2.79 bits per heavy atom. The minimum atomic E-state index is -0.738. The molecule has 0 bridgehead atoms. The normalized spacial score (nSPS) is 20.6. The molecule has 106 valence electrons. The van der Waals surface area contributed by atoms with Gasteiger partial charge in [0.2, 0.25) is 5.13 Å². The van der Waals surface area contributed by atoms with Crippen molar-refractivity contribution in [2.45, 2.75) is 57.9 Å². The largest absolute Gasteiger partial charge is 0.481 e. The lowest BCUT2D eigenvalue weighted by Gasteiger charge is -2.34. The molecule has 0 amide bonds. The van der Waals surface area contributed by atoms with E-state index in [2.05, 4.69) is 35.0 Å². The summed E-state index contributed by atoms with van der Waals surface area (Å²) in [6.07, 6.45) is 3.31. The first-order valence-corrected chi connectivity index (χ1v) is 7.48. The molecule has 1 aromatic heterocycles. The summed E-state index contributed by atoms with van der Waals surface area (Å²) in [5, 5.41) is 9.88. The summed E-state index contributed by atoms with van der Waals surface area (Å²) in [5.74, 6) is 0.101. The first-order valence-electron chi connectivity index (χ1n) is 6.70. The van der Waals surface area contributed by atoms with Gasteiger partial charge in [-0.2, -0.15) is 4.37 Å². The molecule has 0 aliphatic carbocycles. The third kappa shape index (κ3) is 3.43. The number of piperidine rings is 1. The van der Waals surface area contributed by atoms with Gasteiger partial charge in [0.25, 0.3) is 0 Å². The van der Waals surface area contributed by atoms with Crippen molar-refractivity contribution in [3.63, 3.8) is 0 Å². The zero-order valence-corrected chi connectivity index (χ0v) is 12.5. The van der Waals surface area contributed by atoms with E-state index in [1.165, 1.54) is 11.5 Å². The minimum Gasteiger partial charge on any atom is -0.481 e. The van der Waals surface area contributed by atoms with E-state index < -0.39 is 5.97 Å². The average Bonchev–Trinajstić information content (AvgIpc) is 2.77. The van der Waals surface area contributed by atoms with Crippen LogP contribution in [0.3, 0.4) is 0 Å². The molecule has 1 N–H and O–H groups in total. The molecular formula is C13H21N3O2S. The number of aromatic nitrogens is 2. The lowest BCUT2D eigenvalue weighted by atomic mass is 9.96. The molecule has 0 spiro atoms. The van der Waals surface area contributed by atoms with Crippen molar-refractivity contribution in [1.82, 2.24) is 9.36 Å². The molecule has 1 aliphatic rings. The van der Waals surface area contributed by atoms with E-state index >= 15 is 0 Å². The van der Waals surface area contributed by atoms with Crippen molar-refractivity contribution in [1.29, 1.82) is 0 Å². The van der Waals surface area contributed by atoms with Gasteiger partial charge in [-0.1, -0.05) is 20.8 Å². The van der Waals surface area contributed by atoms with Crippen LogP contribution in [0.5, 0.6) is 0 Å². The molecule has 2 heterocycles. The van der Waals surface area contributed by atoms with Crippen LogP contribution in [0, 0.1) is 0 Å². The van der Waals surface area contributed by atoms with Crippen LogP contribution in [0.4, 0.5) is 5.13 Å². The highest BCUT2D eigenvalue weighted by atomic mass is 32.1. The number of carboxylic acid groups (broad SMARTS) is 1.